The van der Waals surface area contributed by atoms with E-state index in [0.717, 1.165) is 47.1 Å². The summed E-state index contributed by atoms with van der Waals surface area (Å²) < 4.78 is 26.5. The number of piperidine rings is 1. The van der Waals surface area contributed by atoms with Gasteiger partial charge < -0.3 is 24.5 Å². The number of esters is 1. The molecule has 0 amide bonds. The fraction of sp³-hybridized carbons (Fsp3) is 0.306. The molecule has 1 aliphatic heterocycles. The molecule has 1 fully saturated rings. The predicted molar refractivity (Wildman–Crippen MR) is 180 cm³/mol. The van der Waals surface area contributed by atoms with Crippen LogP contribution in [0.25, 0.3) is 22.0 Å². The zero-order valence-corrected chi connectivity index (χ0v) is 26.9. The number of aromatic nitrogens is 3. The third kappa shape index (κ3) is 8.26. The number of hydrogen-bond donors (Lipinski definition) is 2. The standard InChI is InChI=1S/C36H37ClFN5O4/c1-2-46-36(45)27-6-4-13-42(19-27)20-30(44)21-43-14-12-26(18-43)25-8-10-33-31(16-25)35(40-23-39-33)41-29-9-11-34(32(37)17-29)47-22-24-5-3-7-28(38)15-24/h3,5,7-12,14-18,23,27,30,44H,2,4,6,13,19-22H2,1H3,(H,39,40,41). The number of hydrogen-bond acceptors (Lipinski definition) is 8. The molecule has 0 radical (unpaired) electrons. The second-order valence-electron chi connectivity index (χ2n) is 11.7. The molecule has 1 saturated heterocycles. The summed E-state index contributed by atoms with van der Waals surface area (Å²) in [6.45, 7) is 4.81. The van der Waals surface area contributed by atoms with Gasteiger partial charge in [-0.2, -0.15) is 0 Å². The van der Waals surface area contributed by atoms with Gasteiger partial charge in [-0.1, -0.05) is 29.8 Å². The topological polar surface area (TPSA) is 102 Å². The van der Waals surface area contributed by atoms with Crippen LogP contribution in [-0.2, 0) is 22.7 Å². The van der Waals surface area contributed by atoms with Gasteiger partial charge >= 0.3 is 5.97 Å². The Morgan fingerprint density at radius 2 is 2.00 bits per heavy atom. The van der Waals surface area contributed by atoms with Crippen molar-refractivity contribution < 1.29 is 23.8 Å². The summed E-state index contributed by atoms with van der Waals surface area (Å²) in [5, 5.41) is 15.5. The average molecular weight is 658 g/mol. The number of halogens is 2. The van der Waals surface area contributed by atoms with E-state index in [9.17, 15) is 14.3 Å². The first-order chi connectivity index (χ1) is 22.8. The number of carbonyl (C=O) groups excluding carboxylic acids is 1. The second kappa shape index (κ2) is 14.9. The van der Waals surface area contributed by atoms with Crippen molar-refractivity contribution in [3.8, 4) is 16.9 Å². The maximum atomic E-state index is 13.5. The van der Waals surface area contributed by atoms with Gasteiger partial charge in [0.2, 0.25) is 0 Å². The Morgan fingerprint density at radius 3 is 2.83 bits per heavy atom. The van der Waals surface area contributed by atoms with E-state index in [-0.39, 0.29) is 24.3 Å². The van der Waals surface area contributed by atoms with E-state index in [1.807, 2.05) is 54.2 Å². The van der Waals surface area contributed by atoms with Crippen molar-refractivity contribution in [2.75, 3.05) is 31.6 Å². The number of anilines is 2. The molecule has 244 valence electrons. The summed E-state index contributed by atoms with van der Waals surface area (Å²) in [7, 11) is 0. The smallest absolute Gasteiger partial charge is 0.310 e. The van der Waals surface area contributed by atoms with E-state index in [0.29, 0.717) is 48.4 Å². The first-order valence-electron chi connectivity index (χ1n) is 15.8. The minimum atomic E-state index is -0.582. The highest BCUT2D eigenvalue weighted by Gasteiger charge is 2.27. The van der Waals surface area contributed by atoms with Crippen molar-refractivity contribution in [2.24, 2.45) is 5.92 Å². The highest BCUT2D eigenvalue weighted by atomic mass is 35.5. The van der Waals surface area contributed by atoms with Gasteiger partial charge in [-0.25, -0.2) is 14.4 Å². The highest BCUT2D eigenvalue weighted by molar-refractivity contribution is 6.32. The molecule has 2 unspecified atom stereocenters. The summed E-state index contributed by atoms with van der Waals surface area (Å²) >= 11 is 6.53. The number of β-amino-alcohol motifs (C(OH)–C–C–N with tert-alkyl or cyclic N) is 1. The van der Waals surface area contributed by atoms with Gasteiger partial charge in [0.15, 0.2) is 0 Å². The quantitative estimate of drug-likeness (QED) is 0.141. The summed E-state index contributed by atoms with van der Waals surface area (Å²) in [4.78, 5) is 23.3. The molecule has 3 aromatic carbocycles. The molecule has 0 bridgehead atoms. The fourth-order valence-corrected chi connectivity index (χ4v) is 6.19. The molecule has 11 heteroatoms. The first kappa shape index (κ1) is 32.4. The van der Waals surface area contributed by atoms with Crippen LogP contribution >= 0.6 is 11.6 Å². The third-order valence-corrected chi connectivity index (χ3v) is 8.51. The van der Waals surface area contributed by atoms with E-state index in [4.69, 9.17) is 21.1 Å². The van der Waals surface area contributed by atoms with Crippen LogP contribution in [0.5, 0.6) is 5.75 Å². The van der Waals surface area contributed by atoms with Gasteiger partial charge in [0, 0.05) is 43.1 Å². The van der Waals surface area contributed by atoms with E-state index in [1.54, 1.807) is 24.3 Å². The lowest BCUT2D eigenvalue weighted by Gasteiger charge is -2.32. The number of nitrogens with zero attached hydrogens (tertiary/aromatic N) is 4. The Balaban J connectivity index is 1.10. The summed E-state index contributed by atoms with van der Waals surface area (Å²) in [5.74, 6) is 0.520. The van der Waals surface area contributed by atoms with Crippen molar-refractivity contribution >= 4 is 40.0 Å². The second-order valence-corrected chi connectivity index (χ2v) is 12.2. The highest BCUT2D eigenvalue weighted by Crippen LogP contribution is 2.32. The van der Waals surface area contributed by atoms with Crippen LogP contribution in [0.4, 0.5) is 15.9 Å². The van der Waals surface area contributed by atoms with Crippen LogP contribution in [0.2, 0.25) is 5.02 Å². The molecule has 3 heterocycles. The van der Waals surface area contributed by atoms with Gasteiger partial charge in [0.05, 0.1) is 29.2 Å². The lowest BCUT2D eigenvalue weighted by molar-refractivity contribution is -0.150. The number of benzene rings is 3. The number of nitrogens with one attached hydrogen (secondary N) is 1. The summed E-state index contributed by atoms with van der Waals surface area (Å²) in [6.07, 6.45) is 6.65. The van der Waals surface area contributed by atoms with Crippen LogP contribution in [0, 0.1) is 11.7 Å². The SMILES string of the molecule is CCOC(=O)C1CCCN(CC(O)Cn2ccc(-c3ccc4ncnc(Nc5ccc(OCc6cccc(F)c6)c(Cl)c5)c4c3)c2)C1. The Morgan fingerprint density at radius 1 is 1.11 bits per heavy atom. The monoisotopic (exact) mass is 657 g/mol. The maximum Gasteiger partial charge on any atom is 0.310 e. The van der Waals surface area contributed by atoms with Crippen molar-refractivity contribution in [3.63, 3.8) is 0 Å². The van der Waals surface area contributed by atoms with Crippen LogP contribution in [0.1, 0.15) is 25.3 Å². The fourth-order valence-electron chi connectivity index (χ4n) is 5.95. The minimum absolute atomic E-state index is 0.131. The molecular formula is C36H37ClFN5O4. The van der Waals surface area contributed by atoms with Gasteiger partial charge in [0.1, 0.15) is 30.3 Å². The Hall–Kier alpha value is -4.51. The van der Waals surface area contributed by atoms with Crippen molar-refractivity contribution in [2.45, 2.75) is 39.0 Å². The minimum Gasteiger partial charge on any atom is -0.487 e. The largest absolute Gasteiger partial charge is 0.487 e. The Bertz CT molecular complexity index is 1850. The number of rotatable bonds is 12. The van der Waals surface area contributed by atoms with Gasteiger partial charge in [-0.3, -0.25) is 9.69 Å². The Labute approximate surface area is 277 Å². The van der Waals surface area contributed by atoms with Gasteiger partial charge in [-0.15, -0.1) is 0 Å². The molecule has 2 atom stereocenters. The lowest BCUT2D eigenvalue weighted by atomic mass is 9.98. The van der Waals surface area contributed by atoms with Crippen molar-refractivity contribution in [1.29, 1.82) is 0 Å². The van der Waals surface area contributed by atoms with E-state index in [2.05, 4.69) is 20.2 Å². The molecular weight excluding hydrogens is 621 g/mol. The number of carbonyl (C=O) groups is 1. The number of ether oxygens (including phenoxy) is 2. The molecule has 0 spiro atoms. The van der Waals surface area contributed by atoms with Gasteiger partial charge in [-0.05, 0) is 91.5 Å². The number of aliphatic hydroxyl groups is 1. The molecule has 1 aliphatic rings. The van der Waals surface area contributed by atoms with Crippen LogP contribution in [0.3, 0.4) is 0 Å². The molecule has 47 heavy (non-hydrogen) atoms. The molecule has 9 nitrogen and oxygen atoms in total. The van der Waals surface area contributed by atoms with Crippen LogP contribution in [0.15, 0.2) is 85.5 Å². The lowest BCUT2D eigenvalue weighted by Crippen LogP contribution is -2.43. The Kier molecular flexibility index (Phi) is 10.3. The number of likely N-dealkylation sites (tertiary alicyclic amines) is 1. The zero-order valence-electron chi connectivity index (χ0n) is 26.1. The molecule has 5 aromatic rings. The summed E-state index contributed by atoms with van der Waals surface area (Å²) in [5.41, 5.74) is 4.19. The molecule has 0 saturated carbocycles. The van der Waals surface area contributed by atoms with E-state index >= 15 is 0 Å². The molecule has 6 rings (SSSR count). The van der Waals surface area contributed by atoms with Crippen molar-refractivity contribution in [1.82, 2.24) is 19.4 Å². The van der Waals surface area contributed by atoms with Crippen LogP contribution in [-0.4, -0.2) is 62.9 Å². The zero-order chi connectivity index (χ0) is 32.8. The van der Waals surface area contributed by atoms with Crippen molar-refractivity contribution in [3.05, 3.63) is 102 Å². The normalized spacial score (nSPS) is 15.8. The molecule has 2 aromatic heterocycles. The summed E-state index contributed by atoms with van der Waals surface area (Å²) in [6, 6.07) is 19.6. The van der Waals surface area contributed by atoms with Crippen LogP contribution < -0.4 is 10.1 Å². The third-order valence-electron chi connectivity index (χ3n) is 8.21. The number of aliphatic hydroxyl groups excluding tert-OH is 1. The maximum absolute atomic E-state index is 13.5. The predicted octanol–water partition coefficient (Wildman–Crippen LogP) is 6.85. The first-order valence-corrected chi connectivity index (χ1v) is 16.1. The number of fused-ring (bicyclic) bond motifs is 1. The molecule has 0 aliphatic carbocycles. The van der Waals surface area contributed by atoms with Gasteiger partial charge in [0.25, 0.3) is 0 Å². The molecule has 2 N–H and O–H groups in total. The average Bonchev–Trinajstić information content (AvgIpc) is 3.53. The van der Waals surface area contributed by atoms with E-state index in [1.165, 1.54) is 18.5 Å². The van der Waals surface area contributed by atoms with E-state index < -0.39 is 6.10 Å².